The molecule has 5 heteroatoms. The van der Waals surface area contributed by atoms with Gasteiger partial charge < -0.3 is 4.74 Å². The number of hydrogen-bond acceptors (Lipinski definition) is 5. The Bertz CT molecular complexity index is 727. The van der Waals surface area contributed by atoms with Crippen molar-refractivity contribution in [2.45, 2.75) is 13.8 Å². The highest BCUT2D eigenvalue weighted by atomic mass is 32.1. The van der Waals surface area contributed by atoms with E-state index in [2.05, 4.69) is 4.98 Å². The van der Waals surface area contributed by atoms with Crippen LogP contribution in [0.15, 0.2) is 17.5 Å². The zero-order valence-corrected chi connectivity index (χ0v) is 10.9. The summed E-state index contributed by atoms with van der Waals surface area (Å²) in [5, 5.41) is 3.98. The summed E-state index contributed by atoms with van der Waals surface area (Å²) >= 11 is 3.24. The molecule has 0 saturated carbocycles. The van der Waals surface area contributed by atoms with Crippen molar-refractivity contribution >= 4 is 48.9 Å². The van der Waals surface area contributed by atoms with Crippen LogP contribution in [0.25, 0.3) is 20.3 Å². The van der Waals surface area contributed by atoms with Gasteiger partial charge >= 0.3 is 5.97 Å². The van der Waals surface area contributed by atoms with Gasteiger partial charge in [0.25, 0.3) is 0 Å². The molecule has 0 spiro atoms. The van der Waals surface area contributed by atoms with Crippen LogP contribution in [0.3, 0.4) is 0 Å². The minimum Gasteiger partial charge on any atom is -0.426 e. The molecule has 0 aliphatic rings. The van der Waals surface area contributed by atoms with E-state index >= 15 is 0 Å². The summed E-state index contributed by atoms with van der Waals surface area (Å²) in [6.07, 6.45) is 0. The Morgan fingerprint density at radius 1 is 1.47 bits per heavy atom. The van der Waals surface area contributed by atoms with Crippen molar-refractivity contribution in [3.8, 4) is 5.75 Å². The second-order valence-electron chi connectivity index (χ2n) is 3.71. The van der Waals surface area contributed by atoms with Gasteiger partial charge in [0.2, 0.25) is 0 Å². The highest BCUT2D eigenvalue weighted by Crippen LogP contribution is 2.38. The van der Waals surface area contributed by atoms with Gasteiger partial charge in [-0.3, -0.25) is 4.79 Å². The summed E-state index contributed by atoms with van der Waals surface area (Å²) in [6, 6.07) is 3.86. The molecule has 0 bridgehead atoms. The molecule has 3 nitrogen and oxygen atoms in total. The SMILES string of the molecule is CC(=O)Oc1cc2sc(C)nc2c2sccc12. The fraction of sp³-hybridized carbons (Fsp3) is 0.167. The number of rotatable bonds is 1. The summed E-state index contributed by atoms with van der Waals surface area (Å²) in [4.78, 5) is 15.6. The summed E-state index contributed by atoms with van der Waals surface area (Å²) in [6.45, 7) is 3.40. The molecule has 1 aromatic carbocycles. The number of carbonyl (C=O) groups excluding carboxylic acids is 1. The van der Waals surface area contributed by atoms with Gasteiger partial charge in [-0.1, -0.05) is 0 Å². The van der Waals surface area contributed by atoms with Crippen molar-refractivity contribution in [1.82, 2.24) is 4.98 Å². The summed E-state index contributed by atoms with van der Waals surface area (Å²) in [5.74, 6) is 0.336. The molecule has 0 N–H and O–H groups in total. The lowest BCUT2D eigenvalue weighted by Gasteiger charge is -2.03. The van der Waals surface area contributed by atoms with Crippen LogP contribution in [0.1, 0.15) is 11.9 Å². The summed E-state index contributed by atoms with van der Waals surface area (Å²) in [5.41, 5.74) is 1.01. The number of fused-ring (bicyclic) bond motifs is 3. The smallest absolute Gasteiger partial charge is 0.308 e. The zero-order valence-electron chi connectivity index (χ0n) is 9.31. The minimum absolute atomic E-state index is 0.293. The third kappa shape index (κ3) is 1.71. The fourth-order valence-corrected chi connectivity index (χ4v) is 3.66. The van der Waals surface area contributed by atoms with Gasteiger partial charge in [-0.15, -0.1) is 22.7 Å². The lowest BCUT2D eigenvalue weighted by atomic mass is 10.2. The molecule has 2 aromatic heterocycles. The first-order valence-electron chi connectivity index (χ1n) is 5.11. The molecule has 0 unspecified atom stereocenters. The van der Waals surface area contributed by atoms with Crippen LogP contribution in [0.5, 0.6) is 5.75 Å². The first kappa shape index (κ1) is 10.7. The number of benzene rings is 1. The number of thiophene rings is 1. The van der Waals surface area contributed by atoms with Crippen LogP contribution < -0.4 is 4.74 Å². The Morgan fingerprint density at radius 3 is 3.06 bits per heavy atom. The van der Waals surface area contributed by atoms with E-state index in [1.807, 2.05) is 24.4 Å². The number of ether oxygens (including phenoxy) is 1. The Hall–Kier alpha value is -1.46. The lowest BCUT2D eigenvalue weighted by molar-refractivity contribution is -0.131. The molecule has 0 aliphatic heterocycles. The molecule has 0 atom stereocenters. The minimum atomic E-state index is -0.293. The highest BCUT2D eigenvalue weighted by molar-refractivity contribution is 7.21. The highest BCUT2D eigenvalue weighted by Gasteiger charge is 2.13. The number of carbonyl (C=O) groups is 1. The second-order valence-corrected chi connectivity index (χ2v) is 5.86. The topological polar surface area (TPSA) is 39.2 Å². The van der Waals surface area contributed by atoms with Crippen molar-refractivity contribution in [3.05, 3.63) is 22.5 Å². The maximum Gasteiger partial charge on any atom is 0.308 e. The van der Waals surface area contributed by atoms with Gasteiger partial charge in [0.15, 0.2) is 0 Å². The lowest BCUT2D eigenvalue weighted by Crippen LogP contribution is -2.01. The van der Waals surface area contributed by atoms with Crippen molar-refractivity contribution in [3.63, 3.8) is 0 Å². The molecule has 0 amide bonds. The van der Waals surface area contributed by atoms with Crippen LogP contribution in [0.2, 0.25) is 0 Å². The van der Waals surface area contributed by atoms with E-state index in [-0.39, 0.29) is 5.97 Å². The third-order valence-corrected chi connectivity index (χ3v) is 4.26. The first-order chi connectivity index (χ1) is 8.15. The van der Waals surface area contributed by atoms with Gasteiger partial charge in [0.05, 0.1) is 19.9 Å². The van der Waals surface area contributed by atoms with E-state index in [4.69, 9.17) is 4.74 Å². The number of aromatic nitrogens is 1. The Kier molecular flexibility index (Phi) is 2.38. The predicted octanol–water partition coefficient (Wildman–Crippen LogP) is 3.74. The van der Waals surface area contributed by atoms with E-state index < -0.39 is 0 Å². The summed E-state index contributed by atoms with van der Waals surface area (Å²) in [7, 11) is 0. The third-order valence-electron chi connectivity index (χ3n) is 2.42. The molecule has 0 fully saturated rings. The van der Waals surface area contributed by atoms with Crippen molar-refractivity contribution in [2.75, 3.05) is 0 Å². The number of hydrogen-bond donors (Lipinski definition) is 0. The van der Waals surface area contributed by atoms with E-state index in [1.165, 1.54) is 6.92 Å². The zero-order chi connectivity index (χ0) is 12.0. The number of esters is 1. The van der Waals surface area contributed by atoms with Crippen LogP contribution >= 0.6 is 22.7 Å². The van der Waals surface area contributed by atoms with Crippen molar-refractivity contribution in [2.24, 2.45) is 0 Å². The molecular formula is C12H9NO2S2. The quantitative estimate of drug-likeness (QED) is 0.496. The Balaban J connectivity index is 2.38. The monoisotopic (exact) mass is 263 g/mol. The standard InChI is InChI=1S/C12H9NO2S2/c1-6-13-11-10(17-6)5-9(15-7(2)14)8-3-4-16-12(8)11/h3-5H,1-2H3. The van der Waals surface area contributed by atoms with Gasteiger partial charge in [-0.2, -0.15) is 0 Å². The summed E-state index contributed by atoms with van der Waals surface area (Å²) < 4.78 is 7.40. The van der Waals surface area contributed by atoms with Gasteiger partial charge in [0, 0.05) is 18.4 Å². The van der Waals surface area contributed by atoms with Gasteiger partial charge in [0.1, 0.15) is 5.75 Å². The van der Waals surface area contributed by atoms with Crippen molar-refractivity contribution in [1.29, 1.82) is 0 Å². The van der Waals surface area contributed by atoms with Crippen LogP contribution in [-0.4, -0.2) is 11.0 Å². The molecule has 3 rings (SSSR count). The van der Waals surface area contributed by atoms with E-state index in [0.717, 1.165) is 25.3 Å². The molecule has 0 aliphatic carbocycles. The largest absolute Gasteiger partial charge is 0.426 e. The Morgan fingerprint density at radius 2 is 2.29 bits per heavy atom. The van der Waals surface area contributed by atoms with Crippen LogP contribution in [-0.2, 0) is 4.79 Å². The average Bonchev–Trinajstić information content (AvgIpc) is 2.81. The van der Waals surface area contributed by atoms with E-state index in [1.54, 1.807) is 22.7 Å². The number of aryl methyl sites for hydroxylation is 1. The van der Waals surface area contributed by atoms with Crippen LogP contribution in [0.4, 0.5) is 0 Å². The fourth-order valence-electron chi connectivity index (χ4n) is 1.83. The molecule has 17 heavy (non-hydrogen) atoms. The van der Waals surface area contributed by atoms with Gasteiger partial charge in [-0.25, -0.2) is 4.98 Å². The maximum atomic E-state index is 11.1. The normalized spacial score (nSPS) is 11.2. The van der Waals surface area contributed by atoms with E-state index in [0.29, 0.717) is 5.75 Å². The molecule has 0 radical (unpaired) electrons. The van der Waals surface area contributed by atoms with Crippen molar-refractivity contribution < 1.29 is 9.53 Å². The molecule has 0 saturated heterocycles. The molecule has 2 heterocycles. The molecular weight excluding hydrogens is 254 g/mol. The molecule has 3 aromatic rings. The number of nitrogens with zero attached hydrogens (tertiary/aromatic N) is 1. The number of thiazole rings is 1. The van der Waals surface area contributed by atoms with Crippen LogP contribution in [0, 0.1) is 6.92 Å². The van der Waals surface area contributed by atoms with E-state index in [9.17, 15) is 4.79 Å². The Labute approximate surface area is 106 Å². The average molecular weight is 263 g/mol. The predicted molar refractivity (Wildman–Crippen MR) is 71.0 cm³/mol. The molecule has 86 valence electrons. The first-order valence-corrected chi connectivity index (χ1v) is 6.80. The maximum absolute atomic E-state index is 11.1. The second kappa shape index (κ2) is 3.78. The van der Waals surface area contributed by atoms with Gasteiger partial charge in [-0.05, 0) is 18.4 Å².